The van der Waals surface area contributed by atoms with Gasteiger partial charge in [-0.2, -0.15) is 0 Å². The lowest BCUT2D eigenvalue weighted by Gasteiger charge is -2.23. The summed E-state index contributed by atoms with van der Waals surface area (Å²) in [6.07, 6.45) is -0.308. The lowest BCUT2D eigenvalue weighted by atomic mass is 9.88. The van der Waals surface area contributed by atoms with Crippen molar-refractivity contribution in [2.24, 2.45) is 0 Å². The van der Waals surface area contributed by atoms with Crippen molar-refractivity contribution in [1.29, 1.82) is 0 Å². The number of fused-ring (bicyclic) bond motifs is 1. The largest absolute Gasteiger partial charge is 0.375 e. The van der Waals surface area contributed by atoms with Crippen molar-refractivity contribution < 1.29 is 14.7 Å². The molecule has 1 atom stereocenters. The standard InChI is InChI=1S/C30H25NO3/c1-21-8-7-9-22(18-21)20-31-27-13-6-5-12-26(27)30(34,29(31)33)19-28(32)25-16-14-24(15-17-25)23-10-3-2-4-11-23/h2-18,34H,19-20H2,1H3. The van der Waals surface area contributed by atoms with Crippen LogP contribution in [0.3, 0.4) is 0 Å². The molecule has 1 aliphatic rings. The first-order valence-electron chi connectivity index (χ1n) is 11.3. The van der Waals surface area contributed by atoms with Crippen LogP contribution in [0.4, 0.5) is 5.69 Å². The van der Waals surface area contributed by atoms with Crippen LogP contribution in [0.2, 0.25) is 0 Å². The SMILES string of the molecule is Cc1cccc(CN2C(=O)C(O)(CC(=O)c3ccc(-c4ccccc4)cc3)c3ccccc32)c1. The fourth-order valence-corrected chi connectivity index (χ4v) is 4.64. The third-order valence-corrected chi connectivity index (χ3v) is 6.39. The van der Waals surface area contributed by atoms with Gasteiger partial charge in [0.25, 0.3) is 5.91 Å². The number of hydrogen-bond donors (Lipinski definition) is 1. The third-order valence-electron chi connectivity index (χ3n) is 6.39. The maximum Gasteiger partial charge on any atom is 0.264 e. The molecule has 1 N–H and O–H groups in total. The maximum absolute atomic E-state index is 13.5. The van der Waals surface area contributed by atoms with E-state index in [9.17, 15) is 14.7 Å². The monoisotopic (exact) mass is 447 g/mol. The summed E-state index contributed by atoms with van der Waals surface area (Å²) in [6.45, 7) is 2.33. The Morgan fingerprint density at radius 1 is 0.824 bits per heavy atom. The predicted octanol–water partition coefficient (Wildman–Crippen LogP) is 5.67. The number of nitrogens with zero attached hydrogens (tertiary/aromatic N) is 1. The predicted molar refractivity (Wildman–Crippen MR) is 134 cm³/mol. The molecule has 1 aliphatic heterocycles. The van der Waals surface area contributed by atoms with E-state index < -0.39 is 11.5 Å². The van der Waals surface area contributed by atoms with Gasteiger partial charge < -0.3 is 10.0 Å². The molecular weight excluding hydrogens is 422 g/mol. The molecule has 0 bridgehead atoms. The molecule has 0 aromatic heterocycles. The second-order valence-electron chi connectivity index (χ2n) is 8.80. The van der Waals surface area contributed by atoms with Crippen LogP contribution in [-0.4, -0.2) is 16.8 Å². The molecule has 5 rings (SSSR count). The van der Waals surface area contributed by atoms with E-state index in [1.54, 1.807) is 29.2 Å². The zero-order valence-electron chi connectivity index (χ0n) is 18.9. The highest BCUT2D eigenvalue weighted by Gasteiger charge is 2.50. The van der Waals surface area contributed by atoms with Gasteiger partial charge in [-0.25, -0.2) is 0 Å². The van der Waals surface area contributed by atoms with E-state index in [0.29, 0.717) is 23.4 Å². The Hall–Kier alpha value is -4.02. The summed E-state index contributed by atoms with van der Waals surface area (Å²) in [4.78, 5) is 28.3. The van der Waals surface area contributed by atoms with Crippen molar-refractivity contribution in [1.82, 2.24) is 0 Å². The van der Waals surface area contributed by atoms with Crippen molar-refractivity contribution in [2.45, 2.75) is 25.5 Å². The maximum atomic E-state index is 13.5. The Morgan fingerprint density at radius 2 is 1.50 bits per heavy atom. The van der Waals surface area contributed by atoms with Crippen molar-refractivity contribution in [3.8, 4) is 11.1 Å². The molecule has 0 saturated heterocycles. The summed E-state index contributed by atoms with van der Waals surface area (Å²) in [5, 5.41) is 11.6. The minimum atomic E-state index is -1.89. The topological polar surface area (TPSA) is 57.6 Å². The molecule has 0 radical (unpaired) electrons. The zero-order valence-corrected chi connectivity index (χ0v) is 18.9. The van der Waals surface area contributed by atoms with Crippen molar-refractivity contribution in [2.75, 3.05) is 4.90 Å². The molecule has 34 heavy (non-hydrogen) atoms. The van der Waals surface area contributed by atoms with E-state index in [2.05, 4.69) is 0 Å². The molecule has 4 nitrogen and oxygen atoms in total. The molecule has 4 aromatic rings. The Balaban J connectivity index is 1.41. The lowest BCUT2D eigenvalue weighted by molar-refractivity contribution is -0.136. The Labute approximate surface area is 199 Å². The van der Waals surface area contributed by atoms with Crippen molar-refractivity contribution >= 4 is 17.4 Å². The summed E-state index contributed by atoms with van der Waals surface area (Å²) < 4.78 is 0. The van der Waals surface area contributed by atoms with Crippen LogP contribution in [-0.2, 0) is 16.9 Å². The third kappa shape index (κ3) is 3.93. The number of Topliss-reactive ketones (excluding diaryl/α,β-unsaturated/α-hetero) is 1. The second kappa shape index (κ2) is 8.73. The summed E-state index contributed by atoms with van der Waals surface area (Å²) in [5.74, 6) is -0.743. The summed E-state index contributed by atoms with van der Waals surface area (Å²) in [5.41, 5.74) is 3.82. The molecule has 1 amide bonds. The first kappa shape index (κ1) is 21.8. The number of aryl methyl sites for hydroxylation is 1. The number of aliphatic hydroxyl groups is 1. The minimum absolute atomic E-state index is 0.275. The van der Waals surface area contributed by atoms with E-state index in [4.69, 9.17) is 0 Å². The average Bonchev–Trinajstić information content (AvgIpc) is 3.06. The van der Waals surface area contributed by atoms with Crippen molar-refractivity contribution in [3.05, 3.63) is 125 Å². The van der Waals surface area contributed by atoms with Gasteiger partial charge in [-0.1, -0.05) is 103 Å². The molecule has 4 heteroatoms. The highest BCUT2D eigenvalue weighted by molar-refractivity contribution is 6.10. The van der Waals surface area contributed by atoms with E-state index >= 15 is 0 Å². The highest BCUT2D eigenvalue weighted by Crippen LogP contribution is 2.43. The number of amides is 1. The van der Waals surface area contributed by atoms with Gasteiger partial charge >= 0.3 is 0 Å². The second-order valence-corrected chi connectivity index (χ2v) is 8.80. The number of para-hydroxylation sites is 1. The van der Waals surface area contributed by atoms with E-state index in [0.717, 1.165) is 22.3 Å². The zero-order chi connectivity index (χ0) is 23.7. The molecule has 4 aromatic carbocycles. The van der Waals surface area contributed by atoms with Crippen LogP contribution in [0, 0.1) is 6.92 Å². The summed E-state index contributed by atoms with van der Waals surface area (Å²) in [7, 11) is 0. The molecule has 1 unspecified atom stereocenters. The molecule has 1 heterocycles. The first-order chi connectivity index (χ1) is 16.5. The van der Waals surface area contributed by atoms with Crippen LogP contribution in [0.1, 0.15) is 33.5 Å². The molecular formula is C30H25NO3. The van der Waals surface area contributed by atoms with Gasteiger partial charge in [-0.05, 0) is 29.7 Å². The smallest absolute Gasteiger partial charge is 0.264 e. The van der Waals surface area contributed by atoms with Crippen LogP contribution in [0.15, 0.2) is 103 Å². The average molecular weight is 448 g/mol. The number of benzene rings is 4. The molecule has 0 saturated carbocycles. The molecule has 0 spiro atoms. The quantitative estimate of drug-likeness (QED) is 0.388. The number of hydrogen-bond acceptors (Lipinski definition) is 3. The van der Waals surface area contributed by atoms with Crippen molar-refractivity contribution in [3.63, 3.8) is 0 Å². The summed E-state index contributed by atoms with van der Waals surface area (Å²) in [6, 6.07) is 32.3. The Bertz CT molecular complexity index is 1360. The molecule has 168 valence electrons. The summed E-state index contributed by atoms with van der Waals surface area (Å²) >= 11 is 0. The van der Waals surface area contributed by atoms with Gasteiger partial charge in [0, 0.05) is 11.1 Å². The Kier molecular flexibility index (Phi) is 5.60. The van der Waals surface area contributed by atoms with Gasteiger partial charge in [0.15, 0.2) is 11.4 Å². The van der Waals surface area contributed by atoms with Gasteiger partial charge in [0.2, 0.25) is 0 Å². The van der Waals surface area contributed by atoms with E-state index in [1.807, 2.05) is 85.8 Å². The number of rotatable bonds is 6. The van der Waals surface area contributed by atoms with E-state index in [-0.39, 0.29) is 12.2 Å². The van der Waals surface area contributed by atoms with Crippen LogP contribution in [0.5, 0.6) is 0 Å². The van der Waals surface area contributed by atoms with Gasteiger partial charge in [0.05, 0.1) is 18.7 Å². The van der Waals surface area contributed by atoms with Gasteiger partial charge in [-0.3, -0.25) is 9.59 Å². The fraction of sp³-hybridized carbons (Fsp3) is 0.133. The van der Waals surface area contributed by atoms with Crippen LogP contribution >= 0.6 is 0 Å². The highest BCUT2D eigenvalue weighted by atomic mass is 16.3. The number of carbonyl (C=O) groups excluding carboxylic acids is 2. The fourth-order valence-electron chi connectivity index (χ4n) is 4.64. The number of anilines is 1. The van der Waals surface area contributed by atoms with Crippen LogP contribution in [0.25, 0.3) is 11.1 Å². The lowest BCUT2D eigenvalue weighted by Crippen LogP contribution is -2.41. The van der Waals surface area contributed by atoms with E-state index in [1.165, 1.54) is 0 Å². The molecule has 0 aliphatic carbocycles. The van der Waals surface area contributed by atoms with Gasteiger partial charge in [0.1, 0.15) is 0 Å². The number of ketones is 1. The van der Waals surface area contributed by atoms with Crippen LogP contribution < -0.4 is 4.90 Å². The number of carbonyl (C=O) groups is 2. The Morgan fingerprint density at radius 3 is 2.24 bits per heavy atom. The van der Waals surface area contributed by atoms with Gasteiger partial charge in [-0.15, -0.1) is 0 Å². The molecule has 0 fully saturated rings. The first-order valence-corrected chi connectivity index (χ1v) is 11.3. The normalized spacial score (nSPS) is 17.0. The minimum Gasteiger partial charge on any atom is -0.375 e.